The number of carbonyl (C=O) groups is 2. The van der Waals surface area contributed by atoms with Gasteiger partial charge in [0.15, 0.2) is 5.69 Å². The quantitative estimate of drug-likeness (QED) is 0.480. The van der Waals surface area contributed by atoms with Crippen molar-refractivity contribution in [2.24, 2.45) is 5.92 Å². The summed E-state index contributed by atoms with van der Waals surface area (Å²) in [6.45, 7) is 4.69. The summed E-state index contributed by atoms with van der Waals surface area (Å²) < 4.78 is 12.9. The molecule has 0 aliphatic heterocycles. The Bertz CT molecular complexity index is 1090. The fraction of sp³-hybridized carbons (Fsp3) is 0.320. The number of methoxy groups -OCH3 is 2. The lowest BCUT2D eigenvalue weighted by Crippen LogP contribution is -2.30. The predicted molar refractivity (Wildman–Crippen MR) is 125 cm³/mol. The van der Waals surface area contributed by atoms with E-state index in [4.69, 9.17) is 9.47 Å². The molecule has 0 radical (unpaired) electrons. The normalized spacial score (nSPS) is 11.8. The molecule has 0 aliphatic carbocycles. The van der Waals surface area contributed by atoms with Crippen LogP contribution in [0.4, 0.5) is 0 Å². The first kappa shape index (κ1) is 23.8. The number of aliphatic carboxylic acids is 1. The number of hydrogen-bond donors (Lipinski definition) is 2. The van der Waals surface area contributed by atoms with Gasteiger partial charge in [-0.2, -0.15) is 5.10 Å². The van der Waals surface area contributed by atoms with Crippen molar-refractivity contribution in [3.05, 3.63) is 65.9 Å². The molecule has 1 amide bonds. The molecule has 2 aromatic carbocycles. The molecule has 0 unspecified atom stereocenters. The first-order valence-electron chi connectivity index (χ1n) is 10.7. The molecule has 3 aromatic rings. The van der Waals surface area contributed by atoms with Crippen LogP contribution in [0.3, 0.4) is 0 Å². The maximum absolute atomic E-state index is 13.2. The van der Waals surface area contributed by atoms with E-state index >= 15 is 0 Å². The molecule has 1 heterocycles. The minimum Gasteiger partial charge on any atom is -0.496 e. The van der Waals surface area contributed by atoms with Gasteiger partial charge in [-0.1, -0.05) is 50.2 Å². The van der Waals surface area contributed by atoms with E-state index in [1.807, 2.05) is 24.3 Å². The summed E-state index contributed by atoms with van der Waals surface area (Å²) in [5.41, 5.74) is 2.27. The van der Waals surface area contributed by atoms with Gasteiger partial charge >= 0.3 is 5.97 Å². The molecule has 174 valence electrons. The number of nitrogens with zero attached hydrogens (tertiary/aromatic N) is 2. The zero-order valence-corrected chi connectivity index (χ0v) is 19.2. The van der Waals surface area contributed by atoms with E-state index in [1.165, 1.54) is 0 Å². The van der Waals surface area contributed by atoms with E-state index in [0.717, 1.165) is 0 Å². The summed E-state index contributed by atoms with van der Waals surface area (Å²) in [5, 5.41) is 16.7. The maximum atomic E-state index is 13.2. The molecule has 8 heteroatoms. The standard InChI is InChI=1S/C25H29N3O5/c1-16(2)15-28-20(24-21(32-3)11-8-12-22(24)33-4)13-19(27-28)25(31)26-18(14-23(29)30)17-9-6-5-7-10-17/h5-13,16,18H,14-15H2,1-4H3,(H,26,31)(H,29,30)/t18-/m1/s1. The Morgan fingerprint density at radius 2 is 1.67 bits per heavy atom. The Morgan fingerprint density at radius 3 is 2.21 bits per heavy atom. The van der Waals surface area contributed by atoms with Crippen LogP contribution in [0.1, 0.15) is 42.4 Å². The molecule has 3 rings (SSSR count). The number of carboxylic acids is 1. The highest BCUT2D eigenvalue weighted by Crippen LogP contribution is 2.38. The highest BCUT2D eigenvalue weighted by Gasteiger charge is 2.24. The summed E-state index contributed by atoms with van der Waals surface area (Å²) in [7, 11) is 3.15. The van der Waals surface area contributed by atoms with Crippen molar-refractivity contribution in [1.82, 2.24) is 15.1 Å². The summed E-state index contributed by atoms with van der Waals surface area (Å²) in [6, 6.07) is 15.5. The average Bonchev–Trinajstić information content (AvgIpc) is 3.21. The molecular formula is C25H29N3O5. The average molecular weight is 452 g/mol. The Labute approximate surface area is 193 Å². The first-order chi connectivity index (χ1) is 15.8. The summed E-state index contributed by atoms with van der Waals surface area (Å²) in [4.78, 5) is 24.6. The number of amides is 1. The van der Waals surface area contributed by atoms with Gasteiger partial charge in [-0.3, -0.25) is 14.3 Å². The molecule has 8 nitrogen and oxygen atoms in total. The van der Waals surface area contributed by atoms with Crippen molar-refractivity contribution < 1.29 is 24.2 Å². The molecule has 0 saturated carbocycles. The van der Waals surface area contributed by atoms with Crippen molar-refractivity contribution in [2.75, 3.05) is 14.2 Å². The topological polar surface area (TPSA) is 103 Å². The predicted octanol–water partition coefficient (Wildman–Crippen LogP) is 4.17. The van der Waals surface area contributed by atoms with Crippen LogP contribution in [-0.2, 0) is 11.3 Å². The van der Waals surface area contributed by atoms with Gasteiger partial charge in [-0.25, -0.2) is 0 Å². The molecule has 2 N–H and O–H groups in total. The molecule has 0 spiro atoms. The van der Waals surface area contributed by atoms with Crippen LogP contribution in [-0.4, -0.2) is 41.0 Å². The van der Waals surface area contributed by atoms with Gasteiger partial charge in [0.1, 0.15) is 11.5 Å². The van der Waals surface area contributed by atoms with E-state index in [-0.39, 0.29) is 18.0 Å². The van der Waals surface area contributed by atoms with Gasteiger partial charge in [-0.15, -0.1) is 0 Å². The summed E-state index contributed by atoms with van der Waals surface area (Å²) in [6.07, 6.45) is -0.240. The minimum atomic E-state index is -1.01. The van der Waals surface area contributed by atoms with Crippen LogP contribution < -0.4 is 14.8 Å². The molecule has 1 atom stereocenters. The van der Waals surface area contributed by atoms with E-state index in [2.05, 4.69) is 24.3 Å². The summed E-state index contributed by atoms with van der Waals surface area (Å²) >= 11 is 0. The highest BCUT2D eigenvalue weighted by molar-refractivity contribution is 5.94. The van der Waals surface area contributed by atoms with Crippen LogP contribution in [0.15, 0.2) is 54.6 Å². The molecule has 33 heavy (non-hydrogen) atoms. The largest absolute Gasteiger partial charge is 0.496 e. The van der Waals surface area contributed by atoms with Crippen molar-refractivity contribution >= 4 is 11.9 Å². The third-order valence-corrected chi connectivity index (χ3v) is 5.12. The first-order valence-corrected chi connectivity index (χ1v) is 10.7. The second-order valence-corrected chi connectivity index (χ2v) is 8.06. The van der Waals surface area contributed by atoms with E-state index in [0.29, 0.717) is 34.9 Å². The van der Waals surface area contributed by atoms with Crippen LogP contribution in [0.2, 0.25) is 0 Å². The number of carboxylic acid groups (broad SMARTS) is 1. The molecule has 0 aliphatic rings. The number of ether oxygens (including phenoxy) is 2. The van der Waals surface area contributed by atoms with Gasteiger partial charge in [0, 0.05) is 6.54 Å². The van der Waals surface area contributed by atoms with Crippen molar-refractivity contribution in [3.8, 4) is 22.8 Å². The SMILES string of the molecule is COc1cccc(OC)c1-c1cc(C(=O)N[C@H](CC(=O)O)c2ccccc2)nn1CC(C)C. The summed E-state index contributed by atoms with van der Waals surface area (Å²) in [5.74, 6) is -0.000454. The van der Waals surface area contributed by atoms with Crippen LogP contribution in [0.25, 0.3) is 11.3 Å². The van der Waals surface area contributed by atoms with Gasteiger partial charge in [0.2, 0.25) is 0 Å². The number of rotatable bonds is 10. The van der Waals surface area contributed by atoms with Crippen molar-refractivity contribution in [3.63, 3.8) is 0 Å². The van der Waals surface area contributed by atoms with Gasteiger partial charge < -0.3 is 19.9 Å². The minimum absolute atomic E-state index is 0.185. The molecule has 0 fully saturated rings. The van der Waals surface area contributed by atoms with Crippen molar-refractivity contribution in [1.29, 1.82) is 0 Å². The Kier molecular flexibility index (Phi) is 7.71. The van der Waals surface area contributed by atoms with Crippen LogP contribution in [0, 0.1) is 5.92 Å². The Balaban J connectivity index is 2.02. The molecular weight excluding hydrogens is 422 g/mol. The third-order valence-electron chi connectivity index (χ3n) is 5.12. The van der Waals surface area contributed by atoms with E-state index in [1.54, 1.807) is 49.2 Å². The van der Waals surface area contributed by atoms with Gasteiger partial charge in [0.05, 0.1) is 37.9 Å². The fourth-order valence-corrected chi connectivity index (χ4v) is 3.66. The molecule has 0 bridgehead atoms. The lowest BCUT2D eigenvalue weighted by Gasteiger charge is -2.16. The molecule has 1 aromatic heterocycles. The lowest BCUT2D eigenvalue weighted by molar-refractivity contribution is -0.137. The maximum Gasteiger partial charge on any atom is 0.305 e. The van der Waals surface area contributed by atoms with Crippen molar-refractivity contribution in [2.45, 2.75) is 32.9 Å². The van der Waals surface area contributed by atoms with Crippen LogP contribution in [0.5, 0.6) is 11.5 Å². The smallest absolute Gasteiger partial charge is 0.305 e. The number of aromatic nitrogens is 2. The van der Waals surface area contributed by atoms with Gasteiger partial charge in [-0.05, 0) is 29.7 Å². The molecule has 0 saturated heterocycles. The van der Waals surface area contributed by atoms with E-state index < -0.39 is 17.9 Å². The second-order valence-electron chi connectivity index (χ2n) is 8.06. The highest BCUT2D eigenvalue weighted by atomic mass is 16.5. The Morgan fingerprint density at radius 1 is 1.03 bits per heavy atom. The second kappa shape index (κ2) is 10.7. The number of hydrogen-bond acceptors (Lipinski definition) is 5. The monoisotopic (exact) mass is 451 g/mol. The zero-order chi connectivity index (χ0) is 24.0. The van der Waals surface area contributed by atoms with Gasteiger partial charge in [0.25, 0.3) is 5.91 Å². The number of benzene rings is 2. The zero-order valence-electron chi connectivity index (χ0n) is 19.2. The fourth-order valence-electron chi connectivity index (χ4n) is 3.66. The third kappa shape index (κ3) is 5.71. The lowest BCUT2D eigenvalue weighted by atomic mass is 10.0. The van der Waals surface area contributed by atoms with Crippen LogP contribution >= 0.6 is 0 Å². The van der Waals surface area contributed by atoms with E-state index in [9.17, 15) is 14.7 Å². The Hall–Kier alpha value is -3.81. The number of nitrogens with one attached hydrogen (secondary N) is 1. The number of carbonyl (C=O) groups excluding carboxylic acids is 1.